The molecule has 2 heterocycles. The molecular weight excluding hydrogens is 255 g/mol. The Kier molecular flexibility index (Phi) is 2.96. The molecule has 0 spiro atoms. The zero-order chi connectivity index (χ0) is 12.5. The smallest absolute Gasteiger partial charge is 0.350 e. The molecule has 1 aliphatic rings. The lowest BCUT2D eigenvalue weighted by molar-refractivity contribution is -0.355. The zero-order valence-electron chi connectivity index (χ0n) is 8.44. The summed E-state index contributed by atoms with van der Waals surface area (Å²) in [5.41, 5.74) is 0.0539. The highest BCUT2D eigenvalue weighted by molar-refractivity contribution is 7.10. The summed E-state index contributed by atoms with van der Waals surface area (Å²) < 4.78 is 37.1. The van der Waals surface area contributed by atoms with Gasteiger partial charge in [-0.05, 0) is 23.6 Å². The SMILES string of the molecule is O[C@@]1(C(F)(F)F)CC(/C=C/c2cccs2)=NO1. The molecule has 1 aromatic rings. The Morgan fingerprint density at radius 3 is 2.76 bits per heavy atom. The van der Waals surface area contributed by atoms with Crippen LogP contribution in [0, 0.1) is 0 Å². The van der Waals surface area contributed by atoms with Crippen molar-refractivity contribution in [2.45, 2.75) is 18.4 Å². The van der Waals surface area contributed by atoms with Crippen molar-refractivity contribution in [3.8, 4) is 0 Å². The first kappa shape index (κ1) is 12.1. The van der Waals surface area contributed by atoms with Crippen LogP contribution < -0.4 is 0 Å². The van der Waals surface area contributed by atoms with Crippen LogP contribution in [0.3, 0.4) is 0 Å². The fourth-order valence-corrected chi connectivity index (χ4v) is 1.87. The van der Waals surface area contributed by atoms with E-state index in [9.17, 15) is 13.2 Å². The topological polar surface area (TPSA) is 41.8 Å². The first-order valence-corrected chi connectivity index (χ1v) is 5.54. The van der Waals surface area contributed by atoms with Gasteiger partial charge in [0.05, 0.1) is 12.1 Å². The highest BCUT2D eigenvalue weighted by Gasteiger charge is 2.60. The van der Waals surface area contributed by atoms with Gasteiger partial charge in [0.15, 0.2) is 0 Å². The molecule has 0 aliphatic carbocycles. The predicted molar refractivity (Wildman–Crippen MR) is 57.5 cm³/mol. The standard InChI is InChI=1S/C10H8F3NO2S/c11-10(12,13)9(15)6-7(14-16-9)3-4-8-2-1-5-17-8/h1-5,15H,6H2/b4-3+/t9-/m0/s1. The Morgan fingerprint density at radius 2 is 2.24 bits per heavy atom. The summed E-state index contributed by atoms with van der Waals surface area (Å²) in [5.74, 6) is -3.19. The number of nitrogens with zero attached hydrogens (tertiary/aromatic N) is 1. The lowest BCUT2D eigenvalue weighted by Crippen LogP contribution is -2.45. The van der Waals surface area contributed by atoms with E-state index in [2.05, 4.69) is 9.99 Å². The van der Waals surface area contributed by atoms with Crippen molar-refractivity contribution >= 4 is 23.1 Å². The summed E-state index contributed by atoms with van der Waals surface area (Å²) in [4.78, 5) is 4.94. The number of rotatable bonds is 2. The Morgan fingerprint density at radius 1 is 1.47 bits per heavy atom. The second-order valence-corrected chi connectivity index (χ2v) is 4.46. The maximum atomic E-state index is 12.4. The summed E-state index contributed by atoms with van der Waals surface area (Å²) in [7, 11) is 0. The fraction of sp³-hybridized carbons (Fsp3) is 0.300. The third-order valence-electron chi connectivity index (χ3n) is 2.16. The Hall–Kier alpha value is -1.34. The monoisotopic (exact) mass is 263 g/mol. The van der Waals surface area contributed by atoms with Crippen molar-refractivity contribution in [3.05, 3.63) is 28.5 Å². The predicted octanol–water partition coefficient (Wildman–Crippen LogP) is 2.79. The second-order valence-electron chi connectivity index (χ2n) is 3.48. The molecule has 0 saturated carbocycles. The molecule has 3 nitrogen and oxygen atoms in total. The van der Waals surface area contributed by atoms with E-state index in [1.54, 1.807) is 6.08 Å². The van der Waals surface area contributed by atoms with Crippen LogP contribution in [0.5, 0.6) is 0 Å². The van der Waals surface area contributed by atoms with Crippen LogP contribution in [0.15, 0.2) is 28.7 Å². The van der Waals surface area contributed by atoms with Crippen LogP contribution in [0.1, 0.15) is 11.3 Å². The molecule has 17 heavy (non-hydrogen) atoms. The lowest BCUT2D eigenvalue weighted by atomic mass is 10.1. The third kappa shape index (κ3) is 2.50. The van der Waals surface area contributed by atoms with E-state index >= 15 is 0 Å². The van der Waals surface area contributed by atoms with Crippen molar-refractivity contribution in [1.82, 2.24) is 0 Å². The van der Waals surface area contributed by atoms with Gasteiger partial charge in [-0.2, -0.15) is 13.2 Å². The number of thiophene rings is 1. The van der Waals surface area contributed by atoms with Gasteiger partial charge in [0.2, 0.25) is 0 Å². The largest absolute Gasteiger partial charge is 0.458 e. The Labute approximate surface area is 98.8 Å². The average Bonchev–Trinajstić information content (AvgIpc) is 2.83. The number of allylic oxidation sites excluding steroid dienone is 1. The molecule has 2 rings (SSSR count). The van der Waals surface area contributed by atoms with Crippen molar-refractivity contribution in [3.63, 3.8) is 0 Å². The molecule has 0 fully saturated rings. The third-order valence-corrected chi connectivity index (χ3v) is 3.00. The molecule has 1 aromatic heterocycles. The molecule has 0 radical (unpaired) electrons. The number of hydrogen-bond donors (Lipinski definition) is 1. The van der Waals surface area contributed by atoms with Gasteiger partial charge in [0.25, 0.3) is 0 Å². The molecule has 0 unspecified atom stereocenters. The molecule has 0 bridgehead atoms. The van der Waals surface area contributed by atoms with Gasteiger partial charge in [-0.1, -0.05) is 11.2 Å². The van der Waals surface area contributed by atoms with Crippen LogP contribution in [-0.4, -0.2) is 22.8 Å². The minimum Gasteiger partial charge on any atom is -0.350 e. The number of alkyl halides is 3. The first-order chi connectivity index (χ1) is 7.91. The zero-order valence-corrected chi connectivity index (χ0v) is 9.26. The van der Waals surface area contributed by atoms with Crippen LogP contribution >= 0.6 is 11.3 Å². The van der Waals surface area contributed by atoms with Gasteiger partial charge in [0, 0.05) is 4.88 Å². The van der Waals surface area contributed by atoms with Gasteiger partial charge < -0.3 is 9.94 Å². The van der Waals surface area contributed by atoms with E-state index in [-0.39, 0.29) is 5.71 Å². The quantitative estimate of drug-likeness (QED) is 0.891. The van der Waals surface area contributed by atoms with E-state index < -0.39 is 18.4 Å². The highest BCUT2D eigenvalue weighted by Crippen LogP contribution is 2.38. The summed E-state index contributed by atoms with van der Waals surface area (Å²) in [6.07, 6.45) is -2.53. The number of hydrogen-bond acceptors (Lipinski definition) is 4. The van der Waals surface area contributed by atoms with Gasteiger partial charge in [-0.25, -0.2) is 0 Å². The molecule has 1 N–H and O–H groups in total. The summed E-state index contributed by atoms with van der Waals surface area (Å²) in [6.45, 7) is 0. The molecule has 0 saturated heterocycles. The lowest BCUT2D eigenvalue weighted by Gasteiger charge is -2.22. The summed E-state index contributed by atoms with van der Waals surface area (Å²) >= 11 is 1.44. The molecule has 7 heteroatoms. The first-order valence-electron chi connectivity index (χ1n) is 4.66. The highest BCUT2D eigenvalue weighted by atomic mass is 32.1. The van der Waals surface area contributed by atoms with E-state index in [0.717, 1.165) is 4.88 Å². The van der Waals surface area contributed by atoms with Crippen LogP contribution in [0.4, 0.5) is 13.2 Å². The van der Waals surface area contributed by atoms with Gasteiger partial charge in [-0.15, -0.1) is 11.3 Å². The number of aliphatic hydroxyl groups is 1. The van der Waals surface area contributed by atoms with Crippen LogP contribution in [0.2, 0.25) is 0 Å². The molecule has 0 amide bonds. The normalized spacial score (nSPS) is 25.1. The average molecular weight is 263 g/mol. The van der Waals surface area contributed by atoms with Crippen molar-refractivity contribution in [1.29, 1.82) is 0 Å². The van der Waals surface area contributed by atoms with E-state index in [0.29, 0.717) is 0 Å². The number of oxime groups is 1. The molecule has 92 valence electrons. The van der Waals surface area contributed by atoms with Gasteiger partial charge in [0.1, 0.15) is 0 Å². The second kappa shape index (κ2) is 4.15. The van der Waals surface area contributed by atoms with Crippen LogP contribution in [0.25, 0.3) is 6.08 Å². The van der Waals surface area contributed by atoms with Gasteiger partial charge in [-0.3, -0.25) is 0 Å². The maximum absolute atomic E-state index is 12.4. The van der Waals surface area contributed by atoms with E-state index in [4.69, 9.17) is 5.11 Å². The summed E-state index contributed by atoms with van der Waals surface area (Å²) in [6, 6.07) is 3.64. The van der Waals surface area contributed by atoms with Gasteiger partial charge >= 0.3 is 12.0 Å². The molecule has 0 aromatic carbocycles. The maximum Gasteiger partial charge on any atom is 0.458 e. The van der Waals surface area contributed by atoms with Crippen molar-refractivity contribution < 1.29 is 23.1 Å². The minimum atomic E-state index is -4.85. The van der Waals surface area contributed by atoms with Crippen LogP contribution in [-0.2, 0) is 4.84 Å². The fourth-order valence-electron chi connectivity index (χ4n) is 1.25. The summed E-state index contributed by atoms with van der Waals surface area (Å²) in [5, 5.41) is 14.2. The molecular formula is C10H8F3NO2S. The van der Waals surface area contributed by atoms with E-state index in [1.165, 1.54) is 17.4 Å². The van der Waals surface area contributed by atoms with E-state index in [1.807, 2.05) is 17.5 Å². The number of halogens is 3. The van der Waals surface area contributed by atoms with Crippen molar-refractivity contribution in [2.75, 3.05) is 0 Å². The Bertz CT molecular complexity index is 453. The molecule has 1 atom stereocenters. The minimum absolute atomic E-state index is 0.0539. The Balaban J connectivity index is 2.03. The molecule has 1 aliphatic heterocycles. The van der Waals surface area contributed by atoms with Crippen molar-refractivity contribution in [2.24, 2.45) is 5.16 Å².